The Morgan fingerprint density at radius 2 is 2.28 bits per heavy atom. The molecule has 0 spiro atoms. The van der Waals surface area contributed by atoms with Crippen LogP contribution in [0.4, 0.5) is 5.69 Å². The number of aryl methyl sites for hydroxylation is 1. The fourth-order valence-electron chi connectivity index (χ4n) is 2.06. The summed E-state index contributed by atoms with van der Waals surface area (Å²) < 4.78 is 6.35. The monoisotopic (exact) mass is 305 g/mol. The molecule has 0 aliphatic carbocycles. The standard InChI is InChI=1S/C13H12BrN3O/c1-2-11-8(3-4-18-11)13-16-10-6-7(14)5-9(15)12(10)17-13/h3-6H,2,15H2,1H3,(H,16,17). The molecule has 4 nitrogen and oxygen atoms in total. The van der Waals surface area contributed by atoms with Crippen molar-refractivity contribution in [2.75, 3.05) is 5.73 Å². The summed E-state index contributed by atoms with van der Waals surface area (Å²) in [6.45, 7) is 2.05. The first kappa shape index (κ1) is 11.3. The highest BCUT2D eigenvalue weighted by Gasteiger charge is 2.13. The third-order valence-corrected chi connectivity index (χ3v) is 3.36. The number of halogens is 1. The average Bonchev–Trinajstić information content (AvgIpc) is 2.92. The van der Waals surface area contributed by atoms with Crippen molar-refractivity contribution in [3.05, 3.63) is 34.7 Å². The summed E-state index contributed by atoms with van der Waals surface area (Å²) in [7, 11) is 0. The van der Waals surface area contributed by atoms with Crippen molar-refractivity contribution >= 4 is 32.7 Å². The average molecular weight is 306 g/mol. The molecule has 0 saturated carbocycles. The largest absolute Gasteiger partial charge is 0.469 e. The highest BCUT2D eigenvalue weighted by Crippen LogP contribution is 2.29. The summed E-state index contributed by atoms with van der Waals surface area (Å²) in [5, 5.41) is 0. The van der Waals surface area contributed by atoms with E-state index in [-0.39, 0.29) is 0 Å². The minimum Gasteiger partial charge on any atom is -0.469 e. The van der Waals surface area contributed by atoms with Crippen molar-refractivity contribution in [3.63, 3.8) is 0 Å². The van der Waals surface area contributed by atoms with Gasteiger partial charge in [-0.25, -0.2) is 4.98 Å². The highest BCUT2D eigenvalue weighted by molar-refractivity contribution is 9.10. The molecule has 0 fully saturated rings. The van der Waals surface area contributed by atoms with E-state index >= 15 is 0 Å². The van der Waals surface area contributed by atoms with E-state index in [9.17, 15) is 0 Å². The molecule has 2 heterocycles. The van der Waals surface area contributed by atoms with Gasteiger partial charge in [0.05, 0.1) is 23.0 Å². The number of anilines is 1. The van der Waals surface area contributed by atoms with Gasteiger partial charge in [-0.05, 0) is 18.2 Å². The molecule has 3 aromatic rings. The van der Waals surface area contributed by atoms with E-state index in [1.165, 1.54) is 0 Å². The van der Waals surface area contributed by atoms with Crippen LogP contribution in [0.2, 0.25) is 0 Å². The third-order valence-electron chi connectivity index (χ3n) is 2.90. The number of nitrogens with one attached hydrogen (secondary N) is 1. The number of benzene rings is 1. The lowest BCUT2D eigenvalue weighted by Gasteiger charge is -1.94. The molecule has 92 valence electrons. The Labute approximate surface area is 112 Å². The van der Waals surface area contributed by atoms with Crippen LogP contribution in [-0.4, -0.2) is 9.97 Å². The lowest BCUT2D eigenvalue weighted by molar-refractivity contribution is 0.517. The Morgan fingerprint density at radius 1 is 1.44 bits per heavy atom. The number of nitrogens with zero attached hydrogens (tertiary/aromatic N) is 1. The SMILES string of the molecule is CCc1occc1-c1nc2c(N)cc(Br)cc2[nH]1. The Bertz CT molecular complexity index is 714. The molecule has 1 aromatic carbocycles. The number of fused-ring (bicyclic) bond motifs is 1. The minimum absolute atomic E-state index is 0.656. The molecule has 18 heavy (non-hydrogen) atoms. The first-order valence-corrected chi connectivity index (χ1v) is 6.50. The van der Waals surface area contributed by atoms with Crippen molar-refractivity contribution in [1.82, 2.24) is 9.97 Å². The molecule has 0 radical (unpaired) electrons. The molecular weight excluding hydrogens is 294 g/mol. The fourth-order valence-corrected chi connectivity index (χ4v) is 2.54. The quantitative estimate of drug-likeness (QED) is 0.709. The van der Waals surface area contributed by atoms with Crippen LogP contribution in [0.1, 0.15) is 12.7 Å². The summed E-state index contributed by atoms with van der Waals surface area (Å²) in [5.41, 5.74) is 9.31. The van der Waals surface area contributed by atoms with Gasteiger partial charge in [-0.15, -0.1) is 0 Å². The lowest BCUT2D eigenvalue weighted by atomic mass is 10.2. The first-order chi connectivity index (χ1) is 8.69. The summed E-state index contributed by atoms with van der Waals surface area (Å²) in [5.74, 6) is 1.71. The van der Waals surface area contributed by atoms with Gasteiger partial charge < -0.3 is 15.1 Å². The fraction of sp³-hybridized carbons (Fsp3) is 0.154. The molecule has 0 aliphatic rings. The van der Waals surface area contributed by atoms with Crippen LogP contribution in [0.3, 0.4) is 0 Å². The number of H-pyrrole nitrogens is 1. The van der Waals surface area contributed by atoms with E-state index in [0.29, 0.717) is 5.69 Å². The Hall–Kier alpha value is -1.75. The molecule has 0 unspecified atom stereocenters. The second-order valence-corrected chi connectivity index (χ2v) is 5.00. The Morgan fingerprint density at radius 3 is 3.06 bits per heavy atom. The molecule has 0 aliphatic heterocycles. The van der Waals surface area contributed by atoms with Gasteiger partial charge in [0, 0.05) is 10.9 Å². The molecule has 2 aromatic heterocycles. The van der Waals surface area contributed by atoms with Gasteiger partial charge in [-0.3, -0.25) is 0 Å². The summed E-state index contributed by atoms with van der Waals surface area (Å²) in [6.07, 6.45) is 2.51. The smallest absolute Gasteiger partial charge is 0.142 e. The van der Waals surface area contributed by atoms with Crippen molar-refractivity contribution in [2.45, 2.75) is 13.3 Å². The van der Waals surface area contributed by atoms with Crippen molar-refractivity contribution in [3.8, 4) is 11.4 Å². The van der Waals surface area contributed by atoms with E-state index in [1.54, 1.807) is 6.26 Å². The topological polar surface area (TPSA) is 67.8 Å². The van der Waals surface area contributed by atoms with E-state index in [0.717, 1.165) is 39.1 Å². The van der Waals surface area contributed by atoms with Gasteiger partial charge in [0.15, 0.2) is 0 Å². The highest BCUT2D eigenvalue weighted by atomic mass is 79.9. The van der Waals surface area contributed by atoms with Gasteiger partial charge in [-0.2, -0.15) is 0 Å². The molecule has 0 amide bonds. The molecule has 3 rings (SSSR count). The Balaban J connectivity index is 2.22. The number of aromatic amines is 1. The number of hydrogen-bond acceptors (Lipinski definition) is 3. The van der Waals surface area contributed by atoms with Gasteiger partial charge in [0.25, 0.3) is 0 Å². The van der Waals surface area contributed by atoms with Crippen molar-refractivity contribution < 1.29 is 4.42 Å². The van der Waals surface area contributed by atoms with Gasteiger partial charge in [0.1, 0.15) is 17.1 Å². The number of nitrogens with two attached hydrogens (primary N) is 1. The normalized spacial score (nSPS) is 11.2. The zero-order valence-electron chi connectivity index (χ0n) is 9.83. The second kappa shape index (κ2) is 4.17. The van der Waals surface area contributed by atoms with E-state index in [2.05, 4.69) is 32.8 Å². The van der Waals surface area contributed by atoms with Gasteiger partial charge >= 0.3 is 0 Å². The molecular formula is C13H12BrN3O. The minimum atomic E-state index is 0.656. The summed E-state index contributed by atoms with van der Waals surface area (Å²) >= 11 is 3.42. The molecule has 5 heteroatoms. The van der Waals surface area contributed by atoms with E-state index in [4.69, 9.17) is 10.2 Å². The number of nitrogen functional groups attached to an aromatic ring is 1. The van der Waals surface area contributed by atoms with E-state index < -0.39 is 0 Å². The zero-order valence-corrected chi connectivity index (χ0v) is 11.4. The predicted molar refractivity (Wildman–Crippen MR) is 75.3 cm³/mol. The molecule has 0 bridgehead atoms. The number of imidazole rings is 1. The molecule has 0 atom stereocenters. The van der Waals surface area contributed by atoms with Gasteiger partial charge in [-0.1, -0.05) is 22.9 Å². The zero-order chi connectivity index (χ0) is 12.7. The maximum Gasteiger partial charge on any atom is 0.142 e. The summed E-state index contributed by atoms with van der Waals surface area (Å²) in [4.78, 5) is 7.82. The number of aromatic nitrogens is 2. The number of rotatable bonds is 2. The van der Waals surface area contributed by atoms with E-state index in [1.807, 2.05) is 18.2 Å². The van der Waals surface area contributed by atoms with Crippen molar-refractivity contribution in [1.29, 1.82) is 0 Å². The first-order valence-electron chi connectivity index (χ1n) is 5.70. The van der Waals surface area contributed by atoms with Crippen LogP contribution in [-0.2, 0) is 6.42 Å². The molecule has 3 N–H and O–H groups in total. The van der Waals surface area contributed by atoms with Crippen LogP contribution in [0, 0.1) is 0 Å². The number of hydrogen-bond donors (Lipinski definition) is 2. The van der Waals surface area contributed by atoms with Crippen molar-refractivity contribution in [2.24, 2.45) is 0 Å². The van der Waals surface area contributed by atoms with Crippen LogP contribution in [0.15, 0.2) is 33.4 Å². The predicted octanol–water partition coefficient (Wildman–Crippen LogP) is 3.73. The second-order valence-electron chi connectivity index (χ2n) is 4.09. The third kappa shape index (κ3) is 1.71. The molecule has 0 saturated heterocycles. The Kier molecular flexibility index (Phi) is 2.63. The van der Waals surface area contributed by atoms with Crippen LogP contribution < -0.4 is 5.73 Å². The maximum absolute atomic E-state index is 5.96. The maximum atomic E-state index is 5.96. The van der Waals surface area contributed by atoms with Crippen LogP contribution in [0.5, 0.6) is 0 Å². The van der Waals surface area contributed by atoms with Gasteiger partial charge in [0.2, 0.25) is 0 Å². The summed E-state index contributed by atoms with van der Waals surface area (Å²) in [6, 6.07) is 5.73. The van der Waals surface area contributed by atoms with Crippen LogP contribution in [0.25, 0.3) is 22.4 Å². The number of furan rings is 1. The van der Waals surface area contributed by atoms with Crippen LogP contribution >= 0.6 is 15.9 Å². The lowest BCUT2D eigenvalue weighted by Crippen LogP contribution is -1.86.